The summed E-state index contributed by atoms with van der Waals surface area (Å²) in [4.78, 5) is 128. The van der Waals surface area contributed by atoms with E-state index in [9.17, 15) is 58.5 Å². The second-order valence-electron chi connectivity index (χ2n) is 19.3. The summed E-state index contributed by atoms with van der Waals surface area (Å²) in [5.41, 5.74) is -0.697. The number of aliphatic carboxylic acids is 1. The zero-order valence-electron chi connectivity index (χ0n) is 40.3. The molecule has 3 heterocycles. The van der Waals surface area contributed by atoms with Crippen LogP contribution in [0, 0.1) is 29.6 Å². The number of ether oxygens (including phenoxy) is 1. The number of likely N-dealkylation sites (N-methyl/N-ethyl adjacent to an activating group) is 1. The molecule has 4 aliphatic rings. The van der Waals surface area contributed by atoms with E-state index in [1.54, 1.807) is 60.6 Å². The number of phenolic OH excluding ortho intramolecular Hbond substituents is 1. The Morgan fingerprint density at radius 2 is 1.49 bits per heavy atom. The number of aliphatic hydroxyl groups excluding tert-OH is 1. The van der Waals surface area contributed by atoms with Crippen LogP contribution in [0.1, 0.15) is 113 Å². The van der Waals surface area contributed by atoms with E-state index >= 15 is 0 Å². The van der Waals surface area contributed by atoms with Crippen LogP contribution in [0.3, 0.4) is 0 Å². The number of carbonyl (C=O) groups excluding carboxylic acids is 8. The molecule has 1 aromatic carbocycles. The molecule has 20 nitrogen and oxygen atoms in total. The molecule has 1 saturated carbocycles. The van der Waals surface area contributed by atoms with Crippen molar-refractivity contribution in [3.63, 3.8) is 0 Å². The summed E-state index contributed by atoms with van der Waals surface area (Å²) >= 11 is 0. The third-order valence-electron chi connectivity index (χ3n) is 13.3. The molecule has 3 aliphatic heterocycles. The minimum absolute atomic E-state index is 0.0426. The Balaban J connectivity index is 1.87. The quantitative estimate of drug-likeness (QED) is 0.0905. The molecule has 4 unspecified atom stereocenters. The molecule has 0 aromatic heterocycles. The summed E-state index contributed by atoms with van der Waals surface area (Å²) in [6, 6.07) is -2.51. The molecule has 5 rings (SSSR count). The fourth-order valence-electron chi connectivity index (χ4n) is 8.67. The lowest BCUT2D eigenvalue weighted by Gasteiger charge is -2.44. The highest BCUT2D eigenvalue weighted by atomic mass is 16.5. The Morgan fingerprint density at radius 1 is 0.866 bits per heavy atom. The molecule has 7 amide bonds. The normalized spacial score (nSPS) is 28.9. The van der Waals surface area contributed by atoms with Gasteiger partial charge in [0.25, 0.3) is 0 Å². The predicted molar refractivity (Wildman–Crippen MR) is 242 cm³/mol. The molecule has 0 radical (unpaired) electrons. The number of hydrogen-bond acceptors (Lipinski definition) is 12. The van der Waals surface area contributed by atoms with Crippen molar-refractivity contribution in [3.8, 4) is 5.75 Å². The molecule has 1 aromatic rings. The smallest absolute Gasteiger partial charge is 0.329 e. The lowest BCUT2D eigenvalue weighted by molar-refractivity contribution is -0.168. The topological polar surface area (TPSA) is 290 Å². The number of phenols is 1. The number of hydrogen-bond donors (Lipinski definition) is 8. The van der Waals surface area contributed by atoms with Crippen LogP contribution in [-0.2, 0) is 54.3 Å². The van der Waals surface area contributed by atoms with Crippen molar-refractivity contribution in [3.05, 3.63) is 29.8 Å². The zero-order chi connectivity index (χ0) is 50.2. The summed E-state index contributed by atoms with van der Waals surface area (Å²) in [6.45, 7) is 15.1. The largest absolute Gasteiger partial charge is 0.508 e. The van der Waals surface area contributed by atoms with Crippen LogP contribution in [-0.4, -0.2) is 140 Å². The minimum atomic E-state index is -1.76. The second-order valence-corrected chi connectivity index (χ2v) is 19.3. The van der Waals surface area contributed by atoms with E-state index in [1.165, 1.54) is 31.0 Å². The lowest BCUT2D eigenvalue weighted by atomic mass is 9.91. The van der Waals surface area contributed by atoms with Crippen molar-refractivity contribution < 1.29 is 63.2 Å². The Kier molecular flexibility index (Phi) is 18.3. The molecule has 1 spiro atoms. The first-order chi connectivity index (χ1) is 31.4. The van der Waals surface area contributed by atoms with Gasteiger partial charge in [-0.2, -0.15) is 0 Å². The van der Waals surface area contributed by atoms with Crippen LogP contribution in [0.15, 0.2) is 24.3 Å². The van der Waals surface area contributed by atoms with Crippen LogP contribution in [0.2, 0.25) is 0 Å². The molecule has 372 valence electrons. The van der Waals surface area contributed by atoms with E-state index < -0.39 is 138 Å². The van der Waals surface area contributed by atoms with Crippen LogP contribution >= 0.6 is 0 Å². The molecular weight excluding hydrogens is 871 g/mol. The van der Waals surface area contributed by atoms with E-state index in [4.69, 9.17) is 4.74 Å². The SMILES string of the molecule is CCC(C)[C@@H]1NC(=O)[C@H](Cc2ccc(O)cc2)N(C)C(=O)[C@H](C(C)CC)N2C(=O)C3CC3(C[C@@H]2O)NC(=O)[C@H](CC(C)C)NC(=O)[C@@H](NC(=O)[C@H](CCC(=O)O)NC(=O)C(C)C)[C@@H](C)OC1=O. The molecule has 1 aliphatic carbocycles. The summed E-state index contributed by atoms with van der Waals surface area (Å²) in [5, 5.41) is 44.7. The van der Waals surface area contributed by atoms with Gasteiger partial charge in [-0.05, 0) is 61.6 Å². The van der Waals surface area contributed by atoms with Crippen molar-refractivity contribution in [1.82, 2.24) is 36.4 Å². The van der Waals surface area contributed by atoms with Crippen molar-refractivity contribution in [2.24, 2.45) is 29.6 Å². The number of piperidine rings is 1. The van der Waals surface area contributed by atoms with Gasteiger partial charge in [-0.3, -0.25) is 38.4 Å². The van der Waals surface area contributed by atoms with Gasteiger partial charge in [0.2, 0.25) is 41.4 Å². The zero-order valence-corrected chi connectivity index (χ0v) is 40.3. The summed E-state index contributed by atoms with van der Waals surface area (Å²) < 4.78 is 5.91. The molecular formula is C47H71N7O13. The van der Waals surface area contributed by atoms with Crippen LogP contribution in [0.5, 0.6) is 5.75 Å². The van der Waals surface area contributed by atoms with Gasteiger partial charge in [0, 0.05) is 32.2 Å². The number of carboxylic acid groups (broad SMARTS) is 1. The first kappa shape index (κ1) is 53.8. The van der Waals surface area contributed by atoms with Crippen molar-refractivity contribution in [2.45, 2.75) is 168 Å². The van der Waals surface area contributed by atoms with Gasteiger partial charge in [-0.25, -0.2) is 4.79 Å². The van der Waals surface area contributed by atoms with Crippen molar-refractivity contribution >= 4 is 53.3 Å². The number of carboxylic acids is 1. The Hall–Kier alpha value is -5.79. The third kappa shape index (κ3) is 13.2. The number of amides is 7. The number of esters is 1. The fraction of sp³-hybridized carbons (Fsp3) is 0.681. The first-order valence-corrected chi connectivity index (χ1v) is 23.4. The summed E-state index contributed by atoms with van der Waals surface area (Å²) in [5.74, 6) is -10.4. The Morgan fingerprint density at radius 3 is 2.06 bits per heavy atom. The summed E-state index contributed by atoms with van der Waals surface area (Å²) in [7, 11) is 1.39. The van der Waals surface area contributed by atoms with E-state index in [1.807, 2.05) is 6.92 Å². The number of benzene rings is 1. The van der Waals surface area contributed by atoms with Crippen molar-refractivity contribution in [1.29, 1.82) is 0 Å². The average molecular weight is 942 g/mol. The van der Waals surface area contributed by atoms with E-state index in [2.05, 4.69) is 26.6 Å². The van der Waals surface area contributed by atoms with Gasteiger partial charge in [-0.1, -0.05) is 80.4 Å². The van der Waals surface area contributed by atoms with Gasteiger partial charge < -0.3 is 56.4 Å². The highest BCUT2D eigenvalue weighted by Crippen LogP contribution is 2.52. The number of nitrogens with one attached hydrogen (secondary N) is 5. The van der Waals surface area contributed by atoms with Crippen LogP contribution in [0.4, 0.5) is 0 Å². The summed E-state index contributed by atoms with van der Waals surface area (Å²) in [6.07, 6.45) is -3.33. The molecule has 8 N–H and O–H groups in total. The average Bonchev–Trinajstić information content (AvgIpc) is 3.98. The number of carbonyl (C=O) groups is 9. The molecule has 20 heteroatoms. The maximum absolute atomic E-state index is 14.9. The second kappa shape index (κ2) is 22.8. The van der Waals surface area contributed by atoms with Gasteiger partial charge in [-0.15, -0.1) is 0 Å². The molecule has 3 saturated heterocycles. The fourth-order valence-corrected chi connectivity index (χ4v) is 8.67. The number of aliphatic hydroxyl groups is 1. The van der Waals surface area contributed by atoms with E-state index in [0.717, 1.165) is 4.90 Å². The molecule has 2 bridgehead atoms. The molecule has 67 heavy (non-hydrogen) atoms. The van der Waals surface area contributed by atoms with Crippen molar-refractivity contribution in [2.75, 3.05) is 7.05 Å². The van der Waals surface area contributed by atoms with E-state index in [0.29, 0.717) is 18.4 Å². The number of nitrogens with zero attached hydrogens (tertiary/aromatic N) is 2. The molecule has 4 fully saturated rings. The molecule has 12 atom stereocenters. The van der Waals surface area contributed by atoms with Crippen LogP contribution in [0.25, 0.3) is 0 Å². The third-order valence-corrected chi connectivity index (χ3v) is 13.3. The maximum atomic E-state index is 14.9. The monoisotopic (exact) mass is 942 g/mol. The first-order valence-electron chi connectivity index (χ1n) is 23.4. The van der Waals surface area contributed by atoms with Gasteiger partial charge in [0.15, 0.2) is 0 Å². The standard InChI is InChI=1S/C47H71N7O13/c1-11-25(7)36-46(66)67-27(9)37(51-40(60)31(17-18-35(57)58)48-39(59)24(5)6)43(63)49-32(19-23(3)4)41(61)52-47-21-30(47)44(64)54(34(56)22-47)38(26(8)12-2)45(65)53(10)33(42(62)50-36)20-28-13-15-29(55)16-14-28/h13-16,23-27,30-34,36-38,55-56H,11-12,17-22H2,1-10H3,(H,48,59)(H,49,63)(H,50,62)(H,51,60)(H,52,61)(H,57,58)/t25?,26?,27-,30?,31+,32+,33+,34+,36+,37+,38+,47?/m1/s1. The van der Waals surface area contributed by atoms with Gasteiger partial charge >= 0.3 is 11.9 Å². The Labute approximate surface area is 392 Å². The lowest BCUT2D eigenvalue weighted by Crippen LogP contribution is -2.65. The van der Waals surface area contributed by atoms with Crippen LogP contribution < -0.4 is 26.6 Å². The maximum Gasteiger partial charge on any atom is 0.329 e. The Bertz CT molecular complexity index is 2010. The van der Waals surface area contributed by atoms with Gasteiger partial charge in [0.05, 0.1) is 11.5 Å². The number of fused-ring (bicyclic) bond motifs is 16. The van der Waals surface area contributed by atoms with Gasteiger partial charge in [0.1, 0.15) is 54.3 Å². The number of rotatable bonds is 15. The highest BCUT2D eigenvalue weighted by molar-refractivity contribution is 5.98. The van der Waals surface area contributed by atoms with E-state index in [-0.39, 0.29) is 43.8 Å². The predicted octanol–water partition coefficient (Wildman–Crippen LogP) is 1.10. The highest BCUT2D eigenvalue weighted by Gasteiger charge is 2.66. The minimum Gasteiger partial charge on any atom is -0.508 e. The number of aromatic hydroxyl groups is 1.